The molecule has 0 unspecified atom stereocenters. The van der Waals surface area contributed by atoms with Crippen molar-refractivity contribution in [3.05, 3.63) is 59.6 Å². The van der Waals surface area contributed by atoms with Crippen molar-refractivity contribution in [3.8, 4) is 0 Å². The van der Waals surface area contributed by atoms with Gasteiger partial charge >= 0.3 is 0 Å². The Labute approximate surface area is 116 Å². The molecule has 20 heavy (non-hydrogen) atoms. The van der Waals surface area contributed by atoms with Gasteiger partial charge in [0.05, 0.1) is 5.56 Å². The molecule has 3 aromatic rings. The molecule has 0 saturated heterocycles. The van der Waals surface area contributed by atoms with E-state index in [1.807, 2.05) is 37.3 Å². The first kappa shape index (κ1) is 12.4. The smallest absolute Gasteiger partial charge is 0.259 e. The van der Waals surface area contributed by atoms with Gasteiger partial charge in [-0.1, -0.05) is 18.2 Å². The molecular formula is C16H14N2O2. The molecule has 0 aliphatic heterocycles. The number of nitrogens with one attached hydrogen (secondary N) is 1. The van der Waals surface area contributed by atoms with Crippen LogP contribution in [0.2, 0.25) is 0 Å². The summed E-state index contributed by atoms with van der Waals surface area (Å²) in [5.41, 5.74) is 2.89. The fraction of sp³-hybridized carbons (Fsp3) is 0.125. The second-order valence-electron chi connectivity index (χ2n) is 4.67. The summed E-state index contributed by atoms with van der Waals surface area (Å²) in [5, 5.41) is 3.71. The number of amides is 1. The van der Waals surface area contributed by atoms with Crippen molar-refractivity contribution in [3.63, 3.8) is 0 Å². The number of carbonyl (C=O) groups excluding carboxylic acids is 1. The summed E-state index contributed by atoms with van der Waals surface area (Å²) in [5.74, 6) is 0.451. The highest BCUT2D eigenvalue weighted by molar-refractivity contribution is 6.13. The zero-order valence-corrected chi connectivity index (χ0v) is 11.3. The summed E-state index contributed by atoms with van der Waals surface area (Å²) >= 11 is 0. The van der Waals surface area contributed by atoms with Gasteiger partial charge in [0.2, 0.25) is 0 Å². The molecule has 2 aromatic heterocycles. The van der Waals surface area contributed by atoms with Gasteiger partial charge in [-0.05, 0) is 32.0 Å². The summed E-state index contributed by atoms with van der Waals surface area (Å²) in [6.07, 6.45) is 1.67. The van der Waals surface area contributed by atoms with Crippen LogP contribution in [-0.2, 0) is 0 Å². The molecule has 4 nitrogen and oxygen atoms in total. The number of para-hydroxylation sites is 1. The maximum atomic E-state index is 12.4. The average Bonchev–Trinajstić information content (AvgIpc) is 2.74. The maximum absolute atomic E-state index is 12.4. The highest BCUT2D eigenvalue weighted by Gasteiger charge is 2.17. The number of anilines is 1. The molecule has 1 N–H and O–H groups in total. The van der Waals surface area contributed by atoms with Gasteiger partial charge in [-0.2, -0.15) is 0 Å². The van der Waals surface area contributed by atoms with Crippen molar-refractivity contribution in [1.29, 1.82) is 0 Å². The topological polar surface area (TPSA) is 55.1 Å². The van der Waals surface area contributed by atoms with Crippen molar-refractivity contribution in [1.82, 2.24) is 4.98 Å². The maximum Gasteiger partial charge on any atom is 0.259 e. The number of carbonyl (C=O) groups is 1. The predicted octanol–water partition coefficient (Wildman–Crippen LogP) is 3.70. The molecule has 0 aliphatic carbocycles. The SMILES string of the molecule is Cc1cc(NC(=O)c2c(C)oc3ccccc23)ccn1. The van der Waals surface area contributed by atoms with Crippen LogP contribution in [0.4, 0.5) is 5.69 Å². The minimum absolute atomic E-state index is 0.168. The van der Waals surface area contributed by atoms with Crippen LogP contribution >= 0.6 is 0 Å². The first-order chi connectivity index (χ1) is 9.65. The first-order valence-corrected chi connectivity index (χ1v) is 6.37. The van der Waals surface area contributed by atoms with Gasteiger partial charge in [0.25, 0.3) is 5.91 Å². The Bertz CT molecular complexity index is 790. The van der Waals surface area contributed by atoms with Crippen LogP contribution in [-0.4, -0.2) is 10.9 Å². The number of nitrogens with zero attached hydrogens (tertiary/aromatic N) is 1. The second-order valence-corrected chi connectivity index (χ2v) is 4.67. The number of hydrogen-bond donors (Lipinski definition) is 1. The molecule has 0 saturated carbocycles. The molecule has 4 heteroatoms. The quantitative estimate of drug-likeness (QED) is 0.769. The standard InChI is InChI=1S/C16H14N2O2/c1-10-9-12(7-8-17-10)18-16(19)15-11(2)20-14-6-4-3-5-13(14)15/h3-9H,1-2H3,(H,17,18,19). The van der Waals surface area contributed by atoms with E-state index >= 15 is 0 Å². The van der Waals surface area contributed by atoms with E-state index in [0.717, 1.165) is 22.4 Å². The number of aromatic nitrogens is 1. The van der Waals surface area contributed by atoms with Crippen molar-refractivity contribution >= 4 is 22.6 Å². The summed E-state index contributed by atoms with van der Waals surface area (Å²) < 4.78 is 5.61. The number of rotatable bonds is 2. The number of benzene rings is 1. The molecule has 0 aliphatic rings. The zero-order valence-electron chi connectivity index (χ0n) is 11.3. The van der Waals surface area contributed by atoms with Crippen LogP contribution in [0.15, 0.2) is 47.0 Å². The first-order valence-electron chi connectivity index (χ1n) is 6.37. The molecule has 0 radical (unpaired) electrons. The van der Waals surface area contributed by atoms with Crippen LogP contribution in [0.5, 0.6) is 0 Å². The lowest BCUT2D eigenvalue weighted by molar-refractivity contribution is 0.102. The molecular weight excluding hydrogens is 252 g/mol. The normalized spacial score (nSPS) is 10.7. The van der Waals surface area contributed by atoms with Crippen molar-refractivity contribution in [2.75, 3.05) is 5.32 Å². The summed E-state index contributed by atoms with van der Waals surface area (Å²) in [4.78, 5) is 16.5. The van der Waals surface area contributed by atoms with E-state index in [-0.39, 0.29) is 5.91 Å². The highest BCUT2D eigenvalue weighted by Crippen LogP contribution is 2.26. The van der Waals surface area contributed by atoms with Crippen LogP contribution in [0.3, 0.4) is 0 Å². The molecule has 0 bridgehead atoms. The number of hydrogen-bond acceptors (Lipinski definition) is 3. The minimum atomic E-state index is -0.168. The van der Waals surface area contributed by atoms with Gasteiger partial charge in [0, 0.05) is 23.0 Å². The van der Waals surface area contributed by atoms with Crippen molar-refractivity contribution in [2.24, 2.45) is 0 Å². The molecule has 0 spiro atoms. The Balaban J connectivity index is 1.99. The highest BCUT2D eigenvalue weighted by atomic mass is 16.3. The summed E-state index contributed by atoms with van der Waals surface area (Å²) in [7, 11) is 0. The molecule has 0 fully saturated rings. The lowest BCUT2D eigenvalue weighted by Gasteiger charge is -2.05. The Morgan fingerprint density at radius 1 is 1.20 bits per heavy atom. The van der Waals surface area contributed by atoms with E-state index in [2.05, 4.69) is 10.3 Å². The fourth-order valence-electron chi connectivity index (χ4n) is 2.27. The minimum Gasteiger partial charge on any atom is -0.461 e. The van der Waals surface area contributed by atoms with Gasteiger partial charge < -0.3 is 9.73 Å². The summed E-state index contributed by atoms with van der Waals surface area (Å²) in [6.45, 7) is 3.68. The van der Waals surface area contributed by atoms with Gasteiger partial charge in [0.1, 0.15) is 11.3 Å². The molecule has 100 valence electrons. The van der Waals surface area contributed by atoms with E-state index in [9.17, 15) is 4.79 Å². The average molecular weight is 266 g/mol. The molecule has 3 rings (SSSR count). The number of fused-ring (bicyclic) bond motifs is 1. The Hall–Kier alpha value is -2.62. The monoisotopic (exact) mass is 266 g/mol. The number of aryl methyl sites for hydroxylation is 2. The van der Waals surface area contributed by atoms with Gasteiger partial charge in [-0.25, -0.2) is 0 Å². The third-order valence-corrected chi connectivity index (χ3v) is 3.15. The Morgan fingerprint density at radius 2 is 2.00 bits per heavy atom. The number of furan rings is 1. The van der Waals surface area contributed by atoms with Crippen LogP contribution in [0.1, 0.15) is 21.8 Å². The lowest BCUT2D eigenvalue weighted by Crippen LogP contribution is -2.12. The predicted molar refractivity (Wildman–Crippen MR) is 77.9 cm³/mol. The molecule has 1 amide bonds. The van der Waals surface area contributed by atoms with Crippen LogP contribution in [0, 0.1) is 13.8 Å². The third kappa shape index (κ3) is 2.16. The second kappa shape index (κ2) is 4.81. The van der Waals surface area contributed by atoms with Gasteiger partial charge in [-0.15, -0.1) is 0 Å². The molecule has 0 atom stereocenters. The zero-order chi connectivity index (χ0) is 14.1. The van der Waals surface area contributed by atoms with Gasteiger partial charge in [-0.3, -0.25) is 9.78 Å². The fourth-order valence-corrected chi connectivity index (χ4v) is 2.27. The van der Waals surface area contributed by atoms with E-state index in [1.54, 1.807) is 19.2 Å². The molecule has 1 aromatic carbocycles. The Kier molecular flexibility index (Phi) is 2.99. The van der Waals surface area contributed by atoms with E-state index < -0.39 is 0 Å². The lowest BCUT2D eigenvalue weighted by atomic mass is 10.1. The van der Waals surface area contributed by atoms with Crippen molar-refractivity contribution < 1.29 is 9.21 Å². The Morgan fingerprint density at radius 3 is 2.80 bits per heavy atom. The summed E-state index contributed by atoms with van der Waals surface area (Å²) in [6, 6.07) is 11.1. The van der Waals surface area contributed by atoms with Gasteiger partial charge in [0.15, 0.2) is 0 Å². The largest absolute Gasteiger partial charge is 0.461 e. The van der Waals surface area contributed by atoms with Crippen LogP contribution < -0.4 is 5.32 Å². The van der Waals surface area contributed by atoms with E-state index in [4.69, 9.17) is 4.42 Å². The number of pyridine rings is 1. The molecule has 2 heterocycles. The van der Waals surface area contributed by atoms with E-state index in [1.165, 1.54) is 0 Å². The van der Waals surface area contributed by atoms with E-state index in [0.29, 0.717) is 11.3 Å². The third-order valence-electron chi connectivity index (χ3n) is 3.15. The van der Waals surface area contributed by atoms with Crippen LogP contribution in [0.25, 0.3) is 11.0 Å². The van der Waals surface area contributed by atoms with Crippen molar-refractivity contribution in [2.45, 2.75) is 13.8 Å².